The molecule has 33 heavy (non-hydrogen) atoms. The van der Waals surface area contributed by atoms with Crippen molar-refractivity contribution in [2.75, 3.05) is 10.0 Å². The van der Waals surface area contributed by atoms with Crippen LogP contribution in [0.1, 0.15) is 10.4 Å². The number of nitrogens with one attached hydrogen (secondary N) is 2. The third-order valence-electron chi connectivity index (χ3n) is 4.19. The molecule has 3 aromatic carbocycles. The van der Waals surface area contributed by atoms with Crippen molar-refractivity contribution in [1.82, 2.24) is 0 Å². The Morgan fingerprint density at radius 3 is 2.15 bits per heavy atom. The maximum absolute atomic E-state index is 12.9. The Kier molecular flexibility index (Phi) is 6.81. The molecule has 2 N–H and O–H groups in total. The van der Waals surface area contributed by atoms with E-state index in [0.29, 0.717) is 5.02 Å². The summed E-state index contributed by atoms with van der Waals surface area (Å²) in [6.45, 7) is 0. The third-order valence-corrected chi connectivity index (χ3v) is 6.17. The zero-order valence-corrected chi connectivity index (χ0v) is 18.5. The van der Waals surface area contributed by atoms with Crippen molar-refractivity contribution in [2.45, 2.75) is 4.90 Å². The second-order valence-corrected chi connectivity index (χ2v) is 8.93. The molecule has 0 atom stereocenters. The maximum Gasteiger partial charge on any atom is 0.291 e. The largest absolute Gasteiger partial charge is 0.322 e. The molecule has 0 unspecified atom stereocenters. The summed E-state index contributed by atoms with van der Waals surface area (Å²) in [4.78, 5) is 32.7. The van der Waals surface area contributed by atoms with Gasteiger partial charge in [-0.15, -0.1) is 0 Å². The van der Waals surface area contributed by atoms with Crippen LogP contribution in [-0.4, -0.2) is 24.2 Å². The second-order valence-electron chi connectivity index (χ2n) is 6.43. The van der Waals surface area contributed by atoms with Crippen molar-refractivity contribution in [1.29, 1.82) is 0 Å². The van der Waals surface area contributed by atoms with Gasteiger partial charge in [-0.3, -0.25) is 29.7 Å². The molecule has 0 aliphatic heterocycles. The molecule has 3 aromatic rings. The van der Waals surface area contributed by atoms with Gasteiger partial charge in [0.2, 0.25) is 0 Å². The topological polar surface area (TPSA) is 162 Å². The first-order chi connectivity index (χ1) is 15.5. The van der Waals surface area contributed by atoms with Gasteiger partial charge in [0.05, 0.1) is 20.4 Å². The fourth-order valence-electron chi connectivity index (χ4n) is 2.70. The molecule has 0 saturated heterocycles. The maximum atomic E-state index is 12.9. The molecule has 0 radical (unpaired) electrons. The molecule has 14 heteroatoms. The molecule has 0 spiro atoms. The number of hydrogen-bond acceptors (Lipinski definition) is 7. The summed E-state index contributed by atoms with van der Waals surface area (Å²) < 4.78 is 27.9. The SMILES string of the molecule is O=C(Nc1cccc([N+](=O)[O-])c1)c1cc(S(=O)(=O)Nc2ccc(Cl)cc2)c([N+](=O)[O-])cc1Cl. The van der Waals surface area contributed by atoms with E-state index in [4.69, 9.17) is 23.2 Å². The third kappa shape index (κ3) is 5.55. The standard InChI is InChI=1S/C19H12Cl2N4O7S/c20-11-4-6-12(7-5-11)23-33(31,32)18-9-15(16(21)10-17(18)25(29)30)19(26)22-13-2-1-3-14(8-13)24(27)28/h1-10,23H,(H,22,26). The number of anilines is 2. The lowest BCUT2D eigenvalue weighted by molar-refractivity contribution is -0.387. The van der Waals surface area contributed by atoms with Gasteiger partial charge >= 0.3 is 0 Å². The Morgan fingerprint density at radius 2 is 1.55 bits per heavy atom. The normalized spacial score (nSPS) is 11.0. The van der Waals surface area contributed by atoms with Gasteiger partial charge in [-0.2, -0.15) is 0 Å². The molecular formula is C19H12Cl2N4O7S. The fraction of sp³-hybridized carbons (Fsp3) is 0. The first kappa shape index (κ1) is 23.9. The number of non-ortho nitro benzene ring substituents is 1. The molecule has 170 valence electrons. The van der Waals surface area contributed by atoms with Crippen molar-refractivity contribution < 1.29 is 23.1 Å². The minimum Gasteiger partial charge on any atom is -0.322 e. The van der Waals surface area contributed by atoms with Crippen molar-refractivity contribution in [3.8, 4) is 0 Å². The van der Waals surface area contributed by atoms with Crippen LogP contribution < -0.4 is 10.0 Å². The average molecular weight is 511 g/mol. The molecule has 0 aliphatic carbocycles. The summed E-state index contributed by atoms with van der Waals surface area (Å²) in [7, 11) is -4.53. The van der Waals surface area contributed by atoms with E-state index in [-0.39, 0.29) is 17.1 Å². The van der Waals surface area contributed by atoms with Crippen molar-refractivity contribution in [3.05, 3.63) is 96.5 Å². The predicted octanol–water partition coefficient (Wildman–Crippen LogP) is 4.86. The molecule has 0 heterocycles. The van der Waals surface area contributed by atoms with E-state index in [1.807, 2.05) is 0 Å². The molecule has 3 rings (SSSR count). The number of nitrogens with zero attached hydrogens (tertiary/aromatic N) is 2. The number of halogens is 2. The minimum atomic E-state index is -4.53. The number of carbonyl (C=O) groups excluding carboxylic acids is 1. The predicted molar refractivity (Wildman–Crippen MR) is 121 cm³/mol. The lowest BCUT2D eigenvalue weighted by Gasteiger charge is -2.12. The minimum absolute atomic E-state index is 0.0346. The quantitative estimate of drug-likeness (QED) is 0.338. The average Bonchev–Trinajstić information content (AvgIpc) is 2.74. The van der Waals surface area contributed by atoms with Gasteiger partial charge in [0.15, 0.2) is 4.90 Å². The number of amides is 1. The Hall–Kier alpha value is -3.74. The number of rotatable bonds is 7. The number of benzene rings is 3. The van der Waals surface area contributed by atoms with Crippen LogP contribution in [0.2, 0.25) is 10.0 Å². The Labute approximate surface area is 196 Å². The summed E-state index contributed by atoms with van der Waals surface area (Å²) >= 11 is 11.8. The molecular weight excluding hydrogens is 499 g/mol. The van der Waals surface area contributed by atoms with E-state index >= 15 is 0 Å². The summed E-state index contributed by atoms with van der Waals surface area (Å²) in [5.41, 5.74) is -1.43. The number of carbonyl (C=O) groups is 1. The van der Waals surface area contributed by atoms with Crippen LogP contribution in [-0.2, 0) is 10.0 Å². The van der Waals surface area contributed by atoms with E-state index in [0.717, 1.165) is 18.2 Å². The van der Waals surface area contributed by atoms with Crippen LogP contribution in [0.3, 0.4) is 0 Å². The van der Waals surface area contributed by atoms with Gasteiger partial charge in [-0.1, -0.05) is 29.3 Å². The van der Waals surface area contributed by atoms with Crippen LogP contribution in [0.4, 0.5) is 22.7 Å². The van der Waals surface area contributed by atoms with Crippen molar-refractivity contribution >= 4 is 61.9 Å². The van der Waals surface area contributed by atoms with E-state index in [9.17, 15) is 33.4 Å². The highest BCUT2D eigenvalue weighted by atomic mass is 35.5. The van der Waals surface area contributed by atoms with Crippen LogP contribution in [0.15, 0.2) is 65.6 Å². The van der Waals surface area contributed by atoms with Gasteiger partial charge in [-0.05, 0) is 36.4 Å². The van der Waals surface area contributed by atoms with E-state index < -0.39 is 46.9 Å². The highest BCUT2D eigenvalue weighted by Crippen LogP contribution is 2.32. The van der Waals surface area contributed by atoms with Crippen molar-refractivity contribution in [2.24, 2.45) is 0 Å². The van der Waals surface area contributed by atoms with Crippen LogP contribution in [0.25, 0.3) is 0 Å². The number of sulfonamides is 1. The molecule has 0 aliphatic rings. The smallest absolute Gasteiger partial charge is 0.291 e. The molecule has 11 nitrogen and oxygen atoms in total. The van der Waals surface area contributed by atoms with Gasteiger partial charge in [-0.25, -0.2) is 8.42 Å². The first-order valence-corrected chi connectivity index (χ1v) is 11.0. The van der Waals surface area contributed by atoms with Gasteiger partial charge in [0.1, 0.15) is 0 Å². The summed E-state index contributed by atoms with van der Waals surface area (Å²) in [6.07, 6.45) is 0. The Balaban J connectivity index is 2.02. The summed E-state index contributed by atoms with van der Waals surface area (Å²) in [6, 6.07) is 12.0. The lowest BCUT2D eigenvalue weighted by Crippen LogP contribution is -2.18. The Bertz CT molecular complexity index is 1380. The molecule has 0 fully saturated rings. The first-order valence-electron chi connectivity index (χ1n) is 8.80. The highest BCUT2D eigenvalue weighted by Gasteiger charge is 2.30. The lowest BCUT2D eigenvalue weighted by atomic mass is 10.2. The fourth-order valence-corrected chi connectivity index (χ4v) is 4.31. The van der Waals surface area contributed by atoms with Crippen LogP contribution in [0.5, 0.6) is 0 Å². The van der Waals surface area contributed by atoms with Crippen molar-refractivity contribution in [3.63, 3.8) is 0 Å². The zero-order chi connectivity index (χ0) is 24.3. The molecule has 1 amide bonds. The number of hydrogen-bond donors (Lipinski definition) is 2. The van der Waals surface area contributed by atoms with Gasteiger partial charge < -0.3 is 5.32 Å². The van der Waals surface area contributed by atoms with E-state index in [1.165, 1.54) is 42.5 Å². The Morgan fingerprint density at radius 1 is 0.879 bits per heavy atom. The molecule has 0 saturated carbocycles. The van der Waals surface area contributed by atoms with Gasteiger partial charge in [0, 0.05) is 34.6 Å². The second kappa shape index (κ2) is 9.40. The van der Waals surface area contributed by atoms with E-state index in [2.05, 4.69) is 10.0 Å². The van der Waals surface area contributed by atoms with Crippen LogP contribution >= 0.6 is 23.2 Å². The van der Waals surface area contributed by atoms with Gasteiger partial charge in [0.25, 0.3) is 27.3 Å². The number of nitro groups is 2. The highest BCUT2D eigenvalue weighted by molar-refractivity contribution is 7.92. The molecule has 0 bridgehead atoms. The number of nitro benzene ring substituents is 2. The summed E-state index contributed by atoms with van der Waals surface area (Å²) in [5.74, 6) is -0.932. The monoisotopic (exact) mass is 510 g/mol. The summed E-state index contributed by atoms with van der Waals surface area (Å²) in [5, 5.41) is 24.7. The zero-order valence-electron chi connectivity index (χ0n) is 16.2. The van der Waals surface area contributed by atoms with Crippen LogP contribution in [0, 0.1) is 20.2 Å². The van der Waals surface area contributed by atoms with E-state index in [1.54, 1.807) is 0 Å². The molecule has 0 aromatic heterocycles.